The lowest BCUT2D eigenvalue weighted by Gasteiger charge is -2.11. The van der Waals surface area contributed by atoms with E-state index in [1.807, 2.05) is 30.5 Å². The maximum Gasteiger partial charge on any atom is 0.132 e. The van der Waals surface area contributed by atoms with Crippen LogP contribution in [0.1, 0.15) is 29.8 Å². The molecule has 2 heterocycles. The molecule has 0 unspecified atom stereocenters. The summed E-state index contributed by atoms with van der Waals surface area (Å²) in [4.78, 5) is 4.61. The number of rotatable bonds is 5. The van der Waals surface area contributed by atoms with Crippen LogP contribution in [-0.2, 0) is 13.2 Å². The van der Waals surface area contributed by atoms with Crippen molar-refractivity contribution in [2.24, 2.45) is 5.92 Å². The van der Waals surface area contributed by atoms with E-state index in [-0.39, 0.29) is 12.4 Å². The molecule has 0 saturated heterocycles. The molecule has 1 fully saturated rings. The zero-order valence-electron chi connectivity index (χ0n) is 14.5. The molecule has 25 heavy (non-hydrogen) atoms. The van der Waals surface area contributed by atoms with Crippen molar-refractivity contribution in [3.8, 4) is 5.75 Å². The molecule has 1 aliphatic carbocycles. The molecule has 0 radical (unpaired) electrons. The van der Waals surface area contributed by atoms with Crippen LogP contribution < -0.4 is 4.74 Å². The van der Waals surface area contributed by atoms with Gasteiger partial charge in [0.15, 0.2) is 0 Å². The summed E-state index contributed by atoms with van der Waals surface area (Å²) in [5, 5.41) is 2.00. The van der Waals surface area contributed by atoms with E-state index in [1.165, 1.54) is 35.0 Å². The predicted molar refractivity (Wildman–Crippen MR) is 105 cm³/mol. The van der Waals surface area contributed by atoms with Crippen molar-refractivity contribution in [2.45, 2.75) is 39.8 Å². The Kier molecular flexibility index (Phi) is 5.26. The first-order valence-electron chi connectivity index (χ1n) is 8.45. The first-order valence-corrected chi connectivity index (χ1v) is 8.83. The largest absolute Gasteiger partial charge is 0.487 e. The maximum absolute atomic E-state index is 5.95. The third kappa shape index (κ3) is 3.63. The van der Waals surface area contributed by atoms with E-state index < -0.39 is 0 Å². The normalized spacial score (nSPS) is 13.7. The van der Waals surface area contributed by atoms with Gasteiger partial charge in [-0.05, 0) is 68.5 Å². The van der Waals surface area contributed by atoms with Crippen molar-refractivity contribution in [2.75, 3.05) is 0 Å². The molecule has 132 valence electrons. The highest BCUT2D eigenvalue weighted by Gasteiger charge is 2.25. The summed E-state index contributed by atoms with van der Waals surface area (Å²) in [6.07, 6.45) is 4.57. The van der Waals surface area contributed by atoms with Crippen molar-refractivity contribution >= 4 is 34.9 Å². The second-order valence-corrected chi connectivity index (χ2v) is 7.10. The lowest BCUT2D eigenvalue weighted by molar-refractivity contribution is 0.302. The number of halogens is 2. The Morgan fingerprint density at radius 2 is 1.88 bits per heavy atom. The minimum atomic E-state index is 0. The molecule has 0 amide bonds. The van der Waals surface area contributed by atoms with Gasteiger partial charge in [-0.25, -0.2) is 0 Å². The van der Waals surface area contributed by atoms with E-state index in [1.54, 1.807) is 0 Å². The van der Waals surface area contributed by atoms with Crippen molar-refractivity contribution < 1.29 is 4.74 Å². The standard InChI is InChI=1S/C20H21ClN2O.ClH/c1-13-14(2)23(11-15-3-4-15)20-18(13)9-10-22-19(20)12-24-17-7-5-16(21)6-8-17;/h5-10,15H,3-4,11-12H2,1-2H3;1H. The first-order chi connectivity index (χ1) is 11.6. The van der Waals surface area contributed by atoms with Crippen molar-refractivity contribution in [1.82, 2.24) is 9.55 Å². The Morgan fingerprint density at radius 3 is 2.56 bits per heavy atom. The number of ether oxygens (including phenoxy) is 1. The number of aromatic nitrogens is 2. The van der Waals surface area contributed by atoms with E-state index in [0.29, 0.717) is 11.6 Å². The molecule has 0 bridgehead atoms. The minimum absolute atomic E-state index is 0. The molecule has 3 nitrogen and oxygen atoms in total. The molecule has 3 aromatic rings. The average Bonchev–Trinajstić information content (AvgIpc) is 3.38. The van der Waals surface area contributed by atoms with Crippen molar-refractivity contribution in [3.63, 3.8) is 0 Å². The van der Waals surface area contributed by atoms with E-state index in [9.17, 15) is 0 Å². The molecule has 4 rings (SSSR count). The summed E-state index contributed by atoms with van der Waals surface area (Å²) in [6, 6.07) is 9.58. The third-order valence-electron chi connectivity index (χ3n) is 4.95. The van der Waals surface area contributed by atoms with Gasteiger partial charge in [0.1, 0.15) is 18.1 Å². The highest BCUT2D eigenvalue weighted by atomic mass is 35.5. The number of hydrogen-bond donors (Lipinski definition) is 0. The van der Waals surface area contributed by atoms with Gasteiger partial charge >= 0.3 is 0 Å². The van der Waals surface area contributed by atoms with Crippen LogP contribution in [0.5, 0.6) is 5.75 Å². The van der Waals surface area contributed by atoms with E-state index in [4.69, 9.17) is 16.3 Å². The molecule has 0 aliphatic heterocycles. The fraction of sp³-hybridized carbons (Fsp3) is 0.350. The van der Waals surface area contributed by atoms with Crippen LogP contribution in [0.4, 0.5) is 0 Å². The molecule has 2 aromatic heterocycles. The van der Waals surface area contributed by atoms with Gasteiger partial charge in [-0.3, -0.25) is 4.98 Å². The highest BCUT2D eigenvalue weighted by Crippen LogP contribution is 2.35. The second-order valence-electron chi connectivity index (χ2n) is 6.66. The molecule has 5 heteroatoms. The topological polar surface area (TPSA) is 27.1 Å². The summed E-state index contributed by atoms with van der Waals surface area (Å²) >= 11 is 5.93. The van der Waals surface area contributed by atoms with Gasteiger partial charge < -0.3 is 9.30 Å². The van der Waals surface area contributed by atoms with Crippen molar-refractivity contribution in [3.05, 3.63) is 58.5 Å². The number of pyridine rings is 1. The Morgan fingerprint density at radius 1 is 1.16 bits per heavy atom. The van der Waals surface area contributed by atoms with Gasteiger partial charge in [0.25, 0.3) is 0 Å². The fourth-order valence-electron chi connectivity index (χ4n) is 3.24. The van der Waals surface area contributed by atoms with Gasteiger partial charge in [-0.1, -0.05) is 11.6 Å². The number of hydrogen-bond acceptors (Lipinski definition) is 2. The van der Waals surface area contributed by atoms with Crippen LogP contribution in [0, 0.1) is 19.8 Å². The fourth-order valence-corrected chi connectivity index (χ4v) is 3.37. The Balaban J connectivity index is 0.00000182. The smallest absolute Gasteiger partial charge is 0.132 e. The van der Waals surface area contributed by atoms with Gasteiger partial charge in [0, 0.05) is 28.8 Å². The summed E-state index contributed by atoms with van der Waals surface area (Å²) in [6.45, 7) is 5.97. The van der Waals surface area contributed by atoms with E-state index in [0.717, 1.165) is 23.9 Å². The third-order valence-corrected chi connectivity index (χ3v) is 5.20. The Hall–Kier alpha value is -1.71. The van der Waals surface area contributed by atoms with Gasteiger partial charge in [0.05, 0.1) is 5.52 Å². The lowest BCUT2D eigenvalue weighted by Crippen LogP contribution is -2.06. The van der Waals surface area contributed by atoms with Crippen LogP contribution >= 0.6 is 24.0 Å². The second kappa shape index (κ2) is 7.27. The zero-order valence-corrected chi connectivity index (χ0v) is 16.0. The monoisotopic (exact) mass is 376 g/mol. The number of nitrogens with zero attached hydrogens (tertiary/aromatic N) is 2. The molecular formula is C20H22Cl2N2O. The van der Waals surface area contributed by atoms with E-state index >= 15 is 0 Å². The summed E-state index contributed by atoms with van der Waals surface area (Å²) in [5.41, 5.74) is 4.92. The van der Waals surface area contributed by atoms with Gasteiger partial charge in [0.2, 0.25) is 0 Å². The molecule has 1 aromatic carbocycles. The number of fused-ring (bicyclic) bond motifs is 1. The summed E-state index contributed by atoms with van der Waals surface area (Å²) < 4.78 is 8.39. The molecule has 0 spiro atoms. The summed E-state index contributed by atoms with van der Waals surface area (Å²) in [7, 11) is 0. The summed E-state index contributed by atoms with van der Waals surface area (Å²) in [5.74, 6) is 1.64. The molecule has 0 atom stereocenters. The van der Waals surface area contributed by atoms with E-state index in [2.05, 4.69) is 29.5 Å². The average molecular weight is 377 g/mol. The Labute approximate surface area is 159 Å². The first kappa shape index (κ1) is 18.1. The van der Waals surface area contributed by atoms with Crippen LogP contribution in [0.2, 0.25) is 5.02 Å². The highest BCUT2D eigenvalue weighted by molar-refractivity contribution is 6.30. The zero-order chi connectivity index (χ0) is 16.7. The molecule has 1 saturated carbocycles. The maximum atomic E-state index is 5.95. The SMILES string of the molecule is Cc1c(C)n(CC2CC2)c2c(COc3ccc(Cl)cc3)nccc12.Cl. The lowest BCUT2D eigenvalue weighted by atomic mass is 10.2. The number of benzene rings is 1. The van der Waals surface area contributed by atoms with Crippen LogP contribution in [0.3, 0.4) is 0 Å². The quantitative estimate of drug-likeness (QED) is 0.569. The molecule has 1 aliphatic rings. The molecule has 0 N–H and O–H groups in total. The van der Waals surface area contributed by atoms with Crippen LogP contribution in [-0.4, -0.2) is 9.55 Å². The number of aryl methyl sites for hydroxylation is 1. The minimum Gasteiger partial charge on any atom is -0.487 e. The molecular weight excluding hydrogens is 355 g/mol. The predicted octanol–water partition coefficient (Wildman–Crippen LogP) is 5.72. The van der Waals surface area contributed by atoms with Gasteiger partial charge in [-0.15, -0.1) is 12.4 Å². The van der Waals surface area contributed by atoms with Crippen LogP contribution in [0.25, 0.3) is 10.9 Å². The van der Waals surface area contributed by atoms with Crippen molar-refractivity contribution in [1.29, 1.82) is 0 Å². The van der Waals surface area contributed by atoms with Crippen LogP contribution in [0.15, 0.2) is 36.5 Å². The Bertz CT molecular complexity index is 883. The van der Waals surface area contributed by atoms with Gasteiger partial charge in [-0.2, -0.15) is 0 Å².